The molecule has 7 nitrogen and oxygen atoms in total. The first-order valence-electron chi connectivity index (χ1n) is 8.95. The molecule has 1 amide bonds. The molecule has 0 saturated heterocycles. The Labute approximate surface area is 153 Å². The Balaban J connectivity index is 1.89. The number of nitrogen functional groups attached to an aromatic ring is 1. The molecule has 2 heterocycles. The van der Waals surface area contributed by atoms with Gasteiger partial charge in [0, 0.05) is 20.1 Å². The first-order valence-corrected chi connectivity index (χ1v) is 8.95. The molecule has 0 fully saturated rings. The second-order valence-electron chi connectivity index (χ2n) is 6.38. The van der Waals surface area contributed by atoms with E-state index in [1.165, 1.54) is 5.56 Å². The zero-order valence-electron chi connectivity index (χ0n) is 15.8. The number of ether oxygens (including phenoxy) is 2. The van der Waals surface area contributed by atoms with E-state index < -0.39 is 0 Å². The van der Waals surface area contributed by atoms with Crippen molar-refractivity contribution in [3.05, 3.63) is 34.5 Å². The van der Waals surface area contributed by atoms with Crippen LogP contribution in [-0.4, -0.2) is 40.3 Å². The number of nitrogens with zero attached hydrogens (tertiary/aromatic N) is 3. The van der Waals surface area contributed by atoms with Crippen LogP contribution in [0.4, 0.5) is 5.82 Å². The largest absolute Gasteiger partial charge is 0.490 e. The summed E-state index contributed by atoms with van der Waals surface area (Å²) in [5.41, 5.74) is 9.46. The summed E-state index contributed by atoms with van der Waals surface area (Å²) in [6.45, 7) is 8.02. The van der Waals surface area contributed by atoms with Crippen LogP contribution >= 0.6 is 0 Å². The quantitative estimate of drug-likeness (QED) is 0.887. The lowest BCUT2D eigenvalue weighted by atomic mass is 9.98. The van der Waals surface area contributed by atoms with Crippen molar-refractivity contribution in [2.45, 2.75) is 33.7 Å². The van der Waals surface area contributed by atoms with Crippen LogP contribution in [0.2, 0.25) is 0 Å². The van der Waals surface area contributed by atoms with Gasteiger partial charge >= 0.3 is 0 Å². The average molecular weight is 358 g/mol. The van der Waals surface area contributed by atoms with Crippen LogP contribution in [0.25, 0.3) is 0 Å². The van der Waals surface area contributed by atoms with Crippen molar-refractivity contribution in [3.63, 3.8) is 0 Å². The number of fused-ring (bicyclic) bond motifs is 1. The molecular formula is C19H26N4O3. The number of rotatable bonds is 5. The van der Waals surface area contributed by atoms with Gasteiger partial charge in [0.2, 0.25) is 0 Å². The number of amides is 1. The maximum atomic E-state index is 13.0. The van der Waals surface area contributed by atoms with E-state index in [0.717, 1.165) is 23.5 Å². The molecule has 1 aliphatic rings. The molecular weight excluding hydrogens is 332 g/mol. The fraction of sp³-hybridized carbons (Fsp3) is 0.474. The standard InChI is InChI=1S/C19H26N4O3/c1-5-25-15-9-13-7-8-23(11-14(13)10-16(15)26-6-2)19(24)17-12(3)21-22(4)18(17)20/h9-10H,5-8,11,20H2,1-4H3. The number of carbonyl (C=O) groups is 1. The van der Waals surface area contributed by atoms with Crippen molar-refractivity contribution in [2.75, 3.05) is 25.5 Å². The molecule has 0 bridgehead atoms. The van der Waals surface area contributed by atoms with Crippen molar-refractivity contribution in [1.29, 1.82) is 0 Å². The van der Waals surface area contributed by atoms with Gasteiger partial charge in [0.1, 0.15) is 11.4 Å². The Morgan fingerprint density at radius 2 is 1.81 bits per heavy atom. The number of carbonyl (C=O) groups excluding carboxylic acids is 1. The first kappa shape index (κ1) is 18.1. The number of hydrogen-bond acceptors (Lipinski definition) is 5. The molecule has 2 N–H and O–H groups in total. The lowest BCUT2D eigenvalue weighted by Crippen LogP contribution is -2.36. The summed E-state index contributed by atoms with van der Waals surface area (Å²) in [4.78, 5) is 14.8. The summed E-state index contributed by atoms with van der Waals surface area (Å²) >= 11 is 0. The molecule has 7 heteroatoms. The van der Waals surface area contributed by atoms with Gasteiger partial charge in [0.15, 0.2) is 11.5 Å². The lowest BCUT2D eigenvalue weighted by Gasteiger charge is -2.30. The highest BCUT2D eigenvalue weighted by Gasteiger charge is 2.27. The van der Waals surface area contributed by atoms with Crippen molar-refractivity contribution >= 4 is 11.7 Å². The van der Waals surface area contributed by atoms with Crippen molar-refractivity contribution in [1.82, 2.24) is 14.7 Å². The first-order chi connectivity index (χ1) is 12.5. The van der Waals surface area contributed by atoms with Gasteiger partial charge in [0.25, 0.3) is 5.91 Å². The molecule has 0 radical (unpaired) electrons. The Kier molecular flexibility index (Phi) is 5.06. The average Bonchev–Trinajstić information content (AvgIpc) is 2.87. The Hall–Kier alpha value is -2.70. The predicted molar refractivity (Wildman–Crippen MR) is 99.6 cm³/mol. The van der Waals surface area contributed by atoms with E-state index in [9.17, 15) is 4.79 Å². The summed E-state index contributed by atoms with van der Waals surface area (Å²) in [5.74, 6) is 1.81. The summed E-state index contributed by atoms with van der Waals surface area (Å²) in [5, 5.41) is 4.25. The zero-order valence-corrected chi connectivity index (χ0v) is 15.8. The molecule has 0 unspecified atom stereocenters. The molecule has 1 aromatic carbocycles. The minimum atomic E-state index is -0.0782. The number of nitrogens with two attached hydrogens (primary N) is 1. The molecule has 2 aromatic rings. The van der Waals surface area contributed by atoms with E-state index >= 15 is 0 Å². The van der Waals surface area contributed by atoms with Gasteiger partial charge in [-0.3, -0.25) is 9.48 Å². The fourth-order valence-electron chi connectivity index (χ4n) is 3.37. The van der Waals surface area contributed by atoms with Crippen molar-refractivity contribution in [3.8, 4) is 11.5 Å². The highest BCUT2D eigenvalue weighted by Crippen LogP contribution is 2.34. The minimum absolute atomic E-state index is 0.0782. The third-order valence-electron chi connectivity index (χ3n) is 4.65. The van der Waals surface area contributed by atoms with Crippen LogP contribution in [0.15, 0.2) is 12.1 Å². The molecule has 26 heavy (non-hydrogen) atoms. The van der Waals surface area contributed by atoms with Gasteiger partial charge in [-0.15, -0.1) is 0 Å². The van der Waals surface area contributed by atoms with E-state index in [-0.39, 0.29) is 5.91 Å². The number of hydrogen-bond donors (Lipinski definition) is 1. The van der Waals surface area contributed by atoms with E-state index in [1.54, 1.807) is 11.7 Å². The summed E-state index contributed by atoms with van der Waals surface area (Å²) in [6.07, 6.45) is 0.771. The van der Waals surface area contributed by atoms with Gasteiger partial charge in [-0.1, -0.05) is 0 Å². The molecule has 0 saturated carbocycles. The molecule has 0 spiro atoms. The van der Waals surface area contributed by atoms with Gasteiger partial charge in [-0.2, -0.15) is 5.10 Å². The zero-order chi connectivity index (χ0) is 18.8. The molecule has 0 aliphatic carbocycles. The summed E-state index contributed by atoms with van der Waals surface area (Å²) < 4.78 is 13.0. The Bertz CT molecular complexity index is 829. The van der Waals surface area contributed by atoms with E-state index in [1.807, 2.05) is 37.8 Å². The van der Waals surface area contributed by atoms with Crippen molar-refractivity contribution < 1.29 is 14.3 Å². The summed E-state index contributed by atoms with van der Waals surface area (Å²) in [7, 11) is 1.74. The van der Waals surface area contributed by atoms with Gasteiger partial charge in [-0.25, -0.2) is 0 Å². The van der Waals surface area contributed by atoms with Gasteiger partial charge in [-0.05, 0) is 50.5 Å². The molecule has 1 aliphatic heterocycles. The van der Waals surface area contributed by atoms with Gasteiger partial charge in [0.05, 0.1) is 18.9 Å². The highest BCUT2D eigenvalue weighted by atomic mass is 16.5. The lowest BCUT2D eigenvalue weighted by molar-refractivity contribution is 0.0734. The second-order valence-corrected chi connectivity index (χ2v) is 6.38. The van der Waals surface area contributed by atoms with E-state index in [2.05, 4.69) is 5.10 Å². The van der Waals surface area contributed by atoms with Crippen LogP contribution in [-0.2, 0) is 20.0 Å². The Morgan fingerprint density at radius 1 is 1.19 bits per heavy atom. The Morgan fingerprint density at radius 3 is 2.35 bits per heavy atom. The van der Waals surface area contributed by atoms with Crippen LogP contribution in [0.1, 0.15) is 41.0 Å². The second kappa shape index (κ2) is 7.27. The highest BCUT2D eigenvalue weighted by molar-refractivity contribution is 5.99. The fourth-order valence-corrected chi connectivity index (χ4v) is 3.37. The number of anilines is 1. The maximum Gasteiger partial charge on any atom is 0.259 e. The maximum absolute atomic E-state index is 13.0. The normalized spacial score (nSPS) is 13.5. The topological polar surface area (TPSA) is 82.6 Å². The molecule has 140 valence electrons. The van der Waals surface area contributed by atoms with E-state index in [0.29, 0.717) is 43.4 Å². The monoisotopic (exact) mass is 358 g/mol. The van der Waals surface area contributed by atoms with Crippen molar-refractivity contribution in [2.24, 2.45) is 7.05 Å². The third kappa shape index (κ3) is 3.21. The van der Waals surface area contributed by atoms with Crippen LogP contribution < -0.4 is 15.2 Å². The SMILES string of the molecule is CCOc1cc2c(cc1OCC)CN(C(=O)c1c(C)nn(C)c1N)CC2. The van der Waals surface area contributed by atoms with Crippen LogP contribution in [0.5, 0.6) is 11.5 Å². The van der Waals surface area contributed by atoms with Gasteiger partial charge < -0.3 is 20.1 Å². The number of aromatic nitrogens is 2. The van der Waals surface area contributed by atoms with Crippen LogP contribution in [0.3, 0.4) is 0 Å². The number of benzene rings is 1. The molecule has 1 aromatic heterocycles. The third-order valence-corrected chi connectivity index (χ3v) is 4.65. The predicted octanol–water partition coefficient (Wildman–Crippen LogP) is 2.31. The smallest absolute Gasteiger partial charge is 0.259 e. The summed E-state index contributed by atoms with van der Waals surface area (Å²) in [6, 6.07) is 4.03. The minimum Gasteiger partial charge on any atom is -0.490 e. The van der Waals surface area contributed by atoms with Crippen LogP contribution in [0, 0.1) is 6.92 Å². The van der Waals surface area contributed by atoms with E-state index in [4.69, 9.17) is 15.2 Å². The molecule has 0 atom stereocenters. The molecule has 3 rings (SSSR count). The number of aryl methyl sites for hydroxylation is 2.